The van der Waals surface area contributed by atoms with Crippen molar-refractivity contribution in [3.05, 3.63) is 77.0 Å². The smallest absolute Gasteiger partial charge is 0.306 e. The van der Waals surface area contributed by atoms with E-state index in [4.69, 9.17) is 14.2 Å². The van der Waals surface area contributed by atoms with Gasteiger partial charge >= 0.3 is 5.97 Å². The largest absolute Gasteiger partial charge is 0.492 e. The fraction of sp³-hybridized carbons (Fsp3) is 0.308. The van der Waals surface area contributed by atoms with Gasteiger partial charge in [0, 0.05) is 29.3 Å². The van der Waals surface area contributed by atoms with Gasteiger partial charge < -0.3 is 14.2 Å². The Morgan fingerprint density at radius 3 is 2.90 bits per heavy atom. The molecule has 0 bridgehead atoms. The monoisotopic (exact) mass is 415 g/mol. The first-order chi connectivity index (χ1) is 15.1. The number of pyridine rings is 1. The van der Waals surface area contributed by atoms with E-state index in [-0.39, 0.29) is 18.0 Å². The van der Waals surface area contributed by atoms with Crippen molar-refractivity contribution in [2.24, 2.45) is 0 Å². The van der Waals surface area contributed by atoms with E-state index in [1.165, 1.54) is 29.4 Å². The molecule has 0 spiro atoms. The van der Waals surface area contributed by atoms with Crippen LogP contribution in [0.4, 0.5) is 0 Å². The Bertz CT molecular complexity index is 1140. The highest BCUT2D eigenvalue weighted by Crippen LogP contribution is 2.43. The summed E-state index contributed by atoms with van der Waals surface area (Å²) in [5, 5.41) is 0. The normalized spacial score (nSPS) is 18.8. The lowest BCUT2D eigenvalue weighted by Crippen LogP contribution is -2.09. The zero-order chi connectivity index (χ0) is 21.4. The number of hydrogen-bond acceptors (Lipinski definition) is 5. The summed E-state index contributed by atoms with van der Waals surface area (Å²) in [7, 11) is 1.41. The maximum atomic E-state index is 11.6. The van der Waals surface area contributed by atoms with Gasteiger partial charge in [0.25, 0.3) is 0 Å². The molecule has 0 amide bonds. The highest BCUT2D eigenvalue weighted by Gasteiger charge is 2.30. The van der Waals surface area contributed by atoms with Crippen LogP contribution in [0, 0.1) is 6.92 Å². The van der Waals surface area contributed by atoms with Crippen molar-refractivity contribution < 1.29 is 19.0 Å². The number of benzene rings is 2. The summed E-state index contributed by atoms with van der Waals surface area (Å²) in [6.45, 7) is 2.59. The first-order valence-corrected chi connectivity index (χ1v) is 10.7. The zero-order valence-electron chi connectivity index (χ0n) is 17.8. The van der Waals surface area contributed by atoms with Crippen LogP contribution in [0.1, 0.15) is 47.1 Å². The first-order valence-electron chi connectivity index (χ1n) is 10.7. The van der Waals surface area contributed by atoms with Crippen molar-refractivity contribution >= 4 is 5.97 Å². The molecule has 0 saturated heterocycles. The van der Waals surface area contributed by atoms with Gasteiger partial charge in [-0.15, -0.1) is 0 Å². The molecule has 0 saturated carbocycles. The second kappa shape index (κ2) is 8.06. The van der Waals surface area contributed by atoms with Crippen molar-refractivity contribution in [3.8, 4) is 22.8 Å². The third-order valence-electron chi connectivity index (χ3n) is 6.26. The van der Waals surface area contributed by atoms with Crippen LogP contribution in [-0.4, -0.2) is 24.7 Å². The van der Waals surface area contributed by atoms with Crippen molar-refractivity contribution in [1.29, 1.82) is 0 Å². The molecule has 1 unspecified atom stereocenters. The number of hydrogen-bond donors (Lipinski definition) is 0. The van der Waals surface area contributed by atoms with Crippen LogP contribution in [0.2, 0.25) is 0 Å². The van der Waals surface area contributed by atoms with Gasteiger partial charge in [-0.05, 0) is 48.6 Å². The minimum atomic E-state index is -0.219. The molecular weight excluding hydrogens is 390 g/mol. The fourth-order valence-corrected chi connectivity index (χ4v) is 4.68. The molecule has 1 aliphatic carbocycles. The minimum absolute atomic E-state index is 0.00397. The molecule has 5 heteroatoms. The minimum Gasteiger partial charge on any atom is -0.492 e. The summed E-state index contributed by atoms with van der Waals surface area (Å²) in [5.74, 6) is 1.40. The van der Waals surface area contributed by atoms with Crippen molar-refractivity contribution in [2.75, 3.05) is 13.7 Å². The van der Waals surface area contributed by atoms with Crippen molar-refractivity contribution in [3.63, 3.8) is 0 Å². The number of aryl methyl sites for hydroxylation is 1. The maximum Gasteiger partial charge on any atom is 0.306 e. The van der Waals surface area contributed by atoms with Gasteiger partial charge in [-0.25, -0.2) is 0 Å². The summed E-state index contributed by atoms with van der Waals surface area (Å²) in [6, 6.07) is 16.4. The summed E-state index contributed by atoms with van der Waals surface area (Å²) in [6.07, 6.45) is 4.08. The lowest BCUT2D eigenvalue weighted by Gasteiger charge is -2.17. The van der Waals surface area contributed by atoms with E-state index in [9.17, 15) is 4.79 Å². The average Bonchev–Trinajstić information content (AvgIpc) is 3.38. The fourth-order valence-electron chi connectivity index (χ4n) is 4.68. The topological polar surface area (TPSA) is 57.7 Å². The molecule has 5 rings (SSSR count). The lowest BCUT2D eigenvalue weighted by atomic mass is 9.97. The van der Waals surface area contributed by atoms with Gasteiger partial charge in [0.2, 0.25) is 0 Å². The summed E-state index contributed by atoms with van der Waals surface area (Å²) < 4.78 is 17.0. The molecule has 2 aliphatic rings. The third-order valence-corrected chi connectivity index (χ3v) is 6.26. The number of methoxy groups -OCH3 is 1. The Labute approximate surface area is 182 Å². The predicted molar refractivity (Wildman–Crippen MR) is 117 cm³/mol. The molecule has 1 aromatic heterocycles. The predicted octanol–water partition coefficient (Wildman–Crippen LogP) is 5.16. The summed E-state index contributed by atoms with van der Waals surface area (Å²) in [5.41, 5.74) is 7.01. The van der Waals surface area contributed by atoms with E-state index in [0.29, 0.717) is 13.0 Å². The van der Waals surface area contributed by atoms with Crippen molar-refractivity contribution in [1.82, 2.24) is 4.98 Å². The van der Waals surface area contributed by atoms with Crippen LogP contribution < -0.4 is 9.47 Å². The number of carbonyl (C=O) groups excluding carboxylic acids is 1. The van der Waals surface area contributed by atoms with E-state index in [2.05, 4.69) is 36.2 Å². The maximum absolute atomic E-state index is 11.6. The van der Waals surface area contributed by atoms with Gasteiger partial charge in [0.05, 0.1) is 25.8 Å². The van der Waals surface area contributed by atoms with Gasteiger partial charge in [0.15, 0.2) is 0 Å². The van der Waals surface area contributed by atoms with E-state index < -0.39 is 0 Å². The molecule has 31 heavy (non-hydrogen) atoms. The van der Waals surface area contributed by atoms with Gasteiger partial charge in [0.1, 0.15) is 17.6 Å². The standard InChI is InChI=1S/C26H25NO4/c1-16-5-4-12-27-26(16)22-7-3-6-21-20(22)10-11-23(21)31-18-8-9-19-17(13-25(28)29-2)15-30-24(19)14-18/h3-9,12,14,17,23H,10-11,13,15H2,1-2H3/t17?,23-/m1/s1. The van der Waals surface area contributed by atoms with E-state index >= 15 is 0 Å². The van der Waals surface area contributed by atoms with Gasteiger partial charge in [-0.1, -0.05) is 30.3 Å². The molecule has 3 aromatic rings. The van der Waals surface area contributed by atoms with E-state index in [1.807, 2.05) is 30.5 Å². The molecule has 2 atom stereocenters. The Kier molecular flexibility index (Phi) is 5.10. The second-order valence-corrected chi connectivity index (χ2v) is 8.18. The van der Waals surface area contributed by atoms with Crippen LogP contribution >= 0.6 is 0 Å². The van der Waals surface area contributed by atoms with Crippen LogP contribution in [0.3, 0.4) is 0 Å². The third kappa shape index (κ3) is 3.65. The van der Waals surface area contributed by atoms with Gasteiger partial charge in [-0.3, -0.25) is 9.78 Å². The molecule has 0 radical (unpaired) electrons. The average molecular weight is 415 g/mol. The van der Waals surface area contributed by atoms with Crippen LogP contribution in [-0.2, 0) is 16.0 Å². The first kappa shape index (κ1) is 19.6. The molecule has 5 nitrogen and oxygen atoms in total. The molecule has 0 N–H and O–H groups in total. The van der Waals surface area contributed by atoms with E-state index in [1.54, 1.807) is 0 Å². The Balaban J connectivity index is 1.38. The summed E-state index contributed by atoms with van der Waals surface area (Å²) in [4.78, 5) is 16.3. The summed E-state index contributed by atoms with van der Waals surface area (Å²) >= 11 is 0. The SMILES string of the molecule is COC(=O)CC1COc2cc(O[C@@H]3CCc4c(-c5ncccc5C)cccc43)ccc21. The second-order valence-electron chi connectivity index (χ2n) is 8.18. The number of fused-ring (bicyclic) bond motifs is 2. The Morgan fingerprint density at radius 2 is 2.06 bits per heavy atom. The highest BCUT2D eigenvalue weighted by atomic mass is 16.5. The van der Waals surface area contributed by atoms with Crippen LogP contribution in [0.15, 0.2) is 54.7 Å². The number of rotatable bonds is 5. The number of carbonyl (C=O) groups is 1. The Hall–Kier alpha value is -3.34. The number of aromatic nitrogens is 1. The molecule has 2 heterocycles. The molecule has 0 fully saturated rings. The zero-order valence-corrected chi connectivity index (χ0v) is 17.8. The van der Waals surface area contributed by atoms with Gasteiger partial charge in [-0.2, -0.15) is 0 Å². The number of esters is 1. The van der Waals surface area contributed by atoms with Crippen molar-refractivity contribution in [2.45, 2.75) is 38.2 Å². The molecular formula is C26H25NO4. The quantitative estimate of drug-likeness (QED) is 0.539. The number of ether oxygens (including phenoxy) is 3. The highest BCUT2D eigenvalue weighted by molar-refractivity contribution is 5.71. The Morgan fingerprint density at radius 1 is 1.16 bits per heavy atom. The molecule has 158 valence electrons. The molecule has 2 aromatic carbocycles. The van der Waals surface area contributed by atoms with Crippen LogP contribution in [0.25, 0.3) is 11.3 Å². The molecule has 1 aliphatic heterocycles. The lowest BCUT2D eigenvalue weighted by molar-refractivity contribution is -0.141. The number of nitrogens with zero attached hydrogens (tertiary/aromatic N) is 1. The van der Waals surface area contributed by atoms with E-state index in [0.717, 1.165) is 35.6 Å². The van der Waals surface area contributed by atoms with Crippen LogP contribution in [0.5, 0.6) is 11.5 Å².